The van der Waals surface area contributed by atoms with E-state index in [1.807, 2.05) is 0 Å². The maximum absolute atomic E-state index is 13.8. The summed E-state index contributed by atoms with van der Waals surface area (Å²) in [5.74, 6) is -0.950. The van der Waals surface area contributed by atoms with Gasteiger partial charge < -0.3 is 54.2 Å². The zero-order valence-corrected chi connectivity index (χ0v) is 32.8. The summed E-state index contributed by atoms with van der Waals surface area (Å²) in [6.07, 6.45) is 5.51. The number of nitrogens with zero attached hydrogens (tertiary/aromatic N) is 4. The molecule has 0 bridgehead atoms. The summed E-state index contributed by atoms with van der Waals surface area (Å²) in [5.41, 5.74) is 1.92. The van der Waals surface area contributed by atoms with Gasteiger partial charge in [-0.1, -0.05) is 12.7 Å². The minimum atomic E-state index is -0.812. The van der Waals surface area contributed by atoms with Crippen LogP contribution >= 0.6 is 0 Å². The molecule has 18 nitrogen and oxygen atoms in total. The van der Waals surface area contributed by atoms with E-state index >= 15 is 0 Å². The second kappa shape index (κ2) is 19.0. The lowest BCUT2D eigenvalue weighted by Crippen LogP contribution is -2.52. The van der Waals surface area contributed by atoms with E-state index in [0.29, 0.717) is 56.0 Å². The molecule has 0 radical (unpaired) electrons. The van der Waals surface area contributed by atoms with Crippen LogP contribution in [0.5, 0.6) is 11.5 Å². The standard InChI is InChI=1S/C39H50N8O10/c1-7-16-57-39(53)47-29-21-33(32(54-5)20-27(29)37(52)46-15-8-11-28(46)38(47)55-6)56-17-9-12-34(49)42-25-18-31(45(4)22-25)36(51)43-26-19-30(44(3)23-26)35(50)41-14-10-13-40-24(2)48/h7,18-23,28,38H,1,8-17H2,2-6H3,(H,40,48)(H,41,50)(H,42,49)(H,43,51)/t28-,38-/m0/s1. The first-order valence-corrected chi connectivity index (χ1v) is 18.6. The fraction of sp³-hybridized carbons (Fsp3) is 0.436. The highest BCUT2D eigenvalue weighted by molar-refractivity contribution is 6.07. The van der Waals surface area contributed by atoms with Crippen LogP contribution in [-0.2, 0) is 33.2 Å². The van der Waals surface area contributed by atoms with E-state index in [9.17, 15) is 28.8 Å². The molecule has 3 aromatic rings. The first-order chi connectivity index (χ1) is 27.4. The molecule has 2 aromatic heterocycles. The van der Waals surface area contributed by atoms with Crippen molar-refractivity contribution >= 4 is 52.7 Å². The van der Waals surface area contributed by atoms with Crippen LogP contribution < -0.4 is 35.6 Å². The van der Waals surface area contributed by atoms with Crippen LogP contribution in [0.25, 0.3) is 0 Å². The van der Waals surface area contributed by atoms with Crippen molar-refractivity contribution in [3.63, 3.8) is 0 Å². The maximum Gasteiger partial charge on any atom is 0.416 e. The third-order valence-electron chi connectivity index (χ3n) is 9.51. The van der Waals surface area contributed by atoms with Crippen LogP contribution in [0.4, 0.5) is 21.9 Å². The predicted octanol–water partition coefficient (Wildman–Crippen LogP) is 3.40. The summed E-state index contributed by atoms with van der Waals surface area (Å²) in [5, 5.41) is 11.1. The molecule has 0 aliphatic carbocycles. The highest BCUT2D eigenvalue weighted by Crippen LogP contribution is 2.42. The molecular weight excluding hydrogens is 740 g/mol. The Hall–Kier alpha value is -6.30. The van der Waals surface area contributed by atoms with Gasteiger partial charge >= 0.3 is 6.09 Å². The summed E-state index contributed by atoms with van der Waals surface area (Å²) < 4.78 is 26.0. The zero-order chi connectivity index (χ0) is 41.2. The van der Waals surface area contributed by atoms with Crippen LogP contribution in [0.3, 0.4) is 0 Å². The SMILES string of the molecule is C=CCOC(=O)N1c2cc(OCCCC(=O)Nc3cc(C(=O)Nc4cc(C(=O)NCCCNC(C)=O)n(C)c4)n(C)c3)c(OC)cc2C(=O)N2CCC[C@H]2[C@@H]1OC. The highest BCUT2D eigenvalue weighted by atomic mass is 16.6. The summed E-state index contributed by atoms with van der Waals surface area (Å²) in [6.45, 7) is 6.43. The molecule has 2 aliphatic rings. The van der Waals surface area contributed by atoms with Crippen molar-refractivity contribution in [2.24, 2.45) is 14.1 Å². The quantitative estimate of drug-likeness (QED) is 0.116. The first kappa shape index (κ1) is 41.9. The van der Waals surface area contributed by atoms with Gasteiger partial charge in [-0.05, 0) is 43.9 Å². The van der Waals surface area contributed by atoms with E-state index in [1.54, 1.807) is 58.7 Å². The van der Waals surface area contributed by atoms with Crippen molar-refractivity contribution in [2.75, 3.05) is 62.6 Å². The number of nitrogens with one attached hydrogen (secondary N) is 4. The summed E-state index contributed by atoms with van der Waals surface area (Å²) in [6, 6.07) is 5.81. The molecule has 0 saturated carbocycles. The van der Waals surface area contributed by atoms with E-state index in [4.69, 9.17) is 18.9 Å². The number of amides is 6. The molecule has 18 heteroatoms. The highest BCUT2D eigenvalue weighted by Gasteiger charge is 2.46. The minimum absolute atomic E-state index is 0.0383. The second-order valence-electron chi connectivity index (χ2n) is 13.6. The number of anilines is 3. The normalized spacial score (nSPS) is 15.8. The van der Waals surface area contributed by atoms with Gasteiger partial charge in [0.15, 0.2) is 17.7 Å². The molecule has 1 saturated heterocycles. The molecule has 0 spiro atoms. The van der Waals surface area contributed by atoms with Gasteiger partial charge in [0.2, 0.25) is 11.8 Å². The van der Waals surface area contributed by atoms with Crippen molar-refractivity contribution in [2.45, 2.75) is 51.3 Å². The average Bonchev–Trinajstić information content (AvgIpc) is 3.90. The zero-order valence-electron chi connectivity index (χ0n) is 32.8. The van der Waals surface area contributed by atoms with Crippen LogP contribution in [0.1, 0.15) is 70.4 Å². The van der Waals surface area contributed by atoms with Crippen molar-refractivity contribution in [1.82, 2.24) is 24.7 Å². The number of ether oxygens (including phenoxy) is 4. The number of methoxy groups -OCH3 is 2. The molecule has 306 valence electrons. The number of hydrogen-bond acceptors (Lipinski definition) is 10. The number of carbonyl (C=O) groups is 6. The molecule has 4 heterocycles. The van der Waals surface area contributed by atoms with Gasteiger partial charge in [-0.25, -0.2) is 9.69 Å². The maximum atomic E-state index is 13.8. The van der Waals surface area contributed by atoms with Crippen molar-refractivity contribution in [3.05, 3.63) is 66.3 Å². The Labute approximate surface area is 330 Å². The second-order valence-corrected chi connectivity index (χ2v) is 13.6. The number of aromatic nitrogens is 2. The number of carbonyl (C=O) groups excluding carboxylic acids is 6. The predicted molar refractivity (Wildman–Crippen MR) is 210 cm³/mol. The Morgan fingerprint density at radius 3 is 2.25 bits per heavy atom. The fourth-order valence-electron chi connectivity index (χ4n) is 6.86. The molecule has 2 aliphatic heterocycles. The molecule has 5 rings (SSSR count). The fourth-order valence-corrected chi connectivity index (χ4v) is 6.86. The molecule has 0 unspecified atom stereocenters. The number of fused-ring (bicyclic) bond motifs is 2. The number of hydrogen-bond donors (Lipinski definition) is 4. The molecule has 2 atom stereocenters. The number of rotatable bonds is 17. The van der Waals surface area contributed by atoms with E-state index < -0.39 is 18.2 Å². The van der Waals surface area contributed by atoms with E-state index in [-0.39, 0.29) is 77.7 Å². The Morgan fingerprint density at radius 1 is 0.895 bits per heavy atom. The Morgan fingerprint density at radius 2 is 1.58 bits per heavy atom. The third kappa shape index (κ3) is 9.93. The largest absolute Gasteiger partial charge is 0.493 e. The van der Waals surface area contributed by atoms with Gasteiger partial charge in [-0.2, -0.15) is 0 Å². The van der Waals surface area contributed by atoms with Crippen molar-refractivity contribution in [3.8, 4) is 11.5 Å². The van der Waals surface area contributed by atoms with Crippen LogP contribution in [-0.4, -0.2) is 109 Å². The van der Waals surface area contributed by atoms with Crippen LogP contribution in [0.2, 0.25) is 0 Å². The Bertz CT molecular complexity index is 2010. The van der Waals surface area contributed by atoms with Crippen LogP contribution in [0, 0.1) is 0 Å². The summed E-state index contributed by atoms with van der Waals surface area (Å²) >= 11 is 0. The van der Waals surface area contributed by atoms with Gasteiger partial charge in [0.25, 0.3) is 17.7 Å². The van der Waals surface area contributed by atoms with Gasteiger partial charge in [0.1, 0.15) is 18.0 Å². The van der Waals surface area contributed by atoms with Gasteiger partial charge in [0, 0.05) is 72.6 Å². The van der Waals surface area contributed by atoms with E-state index in [2.05, 4.69) is 27.8 Å². The first-order valence-electron chi connectivity index (χ1n) is 18.6. The van der Waals surface area contributed by atoms with Crippen molar-refractivity contribution in [1.29, 1.82) is 0 Å². The van der Waals surface area contributed by atoms with Crippen LogP contribution in [0.15, 0.2) is 49.3 Å². The summed E-state index contributed by atoms with van der Waals surface area (Å²) in [7, 11) is 6.28. The third-order valence-corrected chi connectivity index (χ3v) is 9.51. The summed E-state index contributed by atoms with van der Waals surface area (Å²) in [4.78, 5) is 79.9. The van der Waals surface area contributed by atoms with Crippen molar-refractivity contribution < 1.29 is 47.7 Å². The number of aryl methyl sites for hydroxylation is 2. The van der Waals surface area contributed by atoms with E-state index in [0.717, 1.165) is 6.42 Å². The molecule has 57 heavy (non-hydrogen) atoms. The average molecular weight is 791 g/mol. The van der Waals surface area contributed by atoms with Gasteiger partial charge in [-0.15, -0.1) is 0 Å². The lowest BCUT2D eigenvalue weighted by Gasteiger charge is -2.34. The molecule has 1 fully saturated rings. The Kier molecular flexibility index (Phi) is 14.0. The van der Waals surface area contributed by atoms with E-state index in [1.165, 1.54) is 38.2 Å². The molecule has 1 aromatic carbocycles. The minimum Gasteiger partial charge on any atom is -0.493 e. The molecular formula is C39H50N8O10. The topological polar surface area (TPSA) is 204 Å². The smallest absolute Gasteiger partial charge is 0.416 e. The Balaban J connectivity index is 1.17. The van der Waals surface area contributed by atoms with Gasteiger partial charge in [-0.3, -0.25) is 24.0 Å². The monoisotopic (exact) mass is 790 g/mol. The lowest BCUT2D eigenvalue weighted by molar-refractivity contribution is -0.119. The molecule has 4 N–H and O–H groups in total. The lowest BCUT2D eigenvalue weighted by atomic mass is 10.1. The van der Waals surface area contributed by atoms with Gasteiger partial charge in [0.05, 0.1) is 42.4 Å². The molecule has 6 amide bonds. The number of benzene rings is 1.